The molecule has 4 aromatic rings. The Bertz CT molecular complexity index is 1250. The van der Waals surface area contributed by atoms with E-state index in [1.807, 2.05) is 30.3 Å². The third kappa shape index (κ3) is 3.65. The van der Waals surface area contributed by atoms with Gasteiger partial charge in [0.25, 0.3) is 11.6 Å². The highest BCUT2D eigenvalue weighted by molar-refractivity contribution is 6.34. The summed E-state index contributed by atoms with van der Waals surface area (Å²) in [4.78, 5) is 24.7. The lowest BCUT2D eigenvalue weighted by molar-refractivity contribution is -0.385. The minimum Gasteiger partial charge on any atom is -0.321 e. The van der Waals surface area contributed by atoms with Crippen LogP contribution < -0.4 is 5.32 Å². The number of aryl methyl sites for hydroxylation is 1. The number of fused-ring (bicyclic) bond motifs is 1. The maximum Gasteiger partial charge on any atom is 0.273 e. The number of aromatic nitrogens is 3. The summed E-state index contributed by atoms with van der Waals surface area (Å²) in [5.41, 5.74) is 2.76. The number of hydrogen-bond acceptors (Lipinski definition) is 5. The summed E-state index contributed by atoms with van der Waals surface area (Å²) in [7, 11) is 0. The van der Waals surface area contributed by atoms with Gasteiger partial charge in [-0.3, -0.25) is 14.9 Å². The van der Waals surface area contributed by atoms with Crippen LogP contribution in [0.4, 0.5) is 11.4 Å². The minimum atomic E-state index is -0.521. The standard InChI is InChI=1S/C20H14ClN5O3/c1-12-7-8-13(9-19(12)26(28)29)20(27)22-16-11-18-17(10-15(16)21)23-25(24-18)14-5-3-2-4-6-14/h2-11H,1H3,(H,22,27). The van der Waals surface area contributed by atoms with Gasteiger partial charge in [0.2, 0.25) is 0 Å². The largest absolute Gasteiger partial charge is 0.321 e. The molecule has 0 aliphatic carbocycles. The van der Waals surface area contributed by atoms with Crippen molar-refractivity contribution in [2.45, 2.75) is 6.92 Å². The van der Waals surface area contributed by atoms with Crippen molar-refractivity contribution in [3.8, 4) is 5.69 Å². The Morgan fingerprint density at radius 2 is 1.76 bits per heavy atom. The normalized spacial score (nSPS) is 10.8. The first-order valence-electron chi connectivity index (χ1n) is 8.61. The minimum absolute atomic E-state index is 0.120. The lowest BCUT2D eigenvalue weighted by atomic mass is 10.1. The summed E-state index contributed by atoms with van der Waals surface area (Å²) < 4.78 is 0. The number of amides is 1. The van der Waals surface area contributed by atoms with Crippen molar-refractivity contribution in [3.63, 3.8) is 0 Å². The molecule has 9 heteroatoms. The van der Waals surface area contributed by atoms with Crippen molar-refractivity contribution in [1.29, 1.82) is 0 Å². The Kier molecular flexibility index (Phi) is 4.69. The Morgan fingerprint density at radius 1 is 1.07 bits per heavy atom. The summed E-state index contributed by atoms with van der Waals surface area (Å²) in [6, 6.07) is 16.9. The zero-order valence-electron chi connectivity index (χ0n) is 15.2. The van der Waals surface area contributed by atoms with Crippen molar-refractivity contribution < 1.29 is 9.72 Å². The average Bonchev–Trinajstić information content (AvgIpc) is 3.11. The maximum atomic E-state index is 12.6. The number of carbonyl (C=O) groups excluding carboxylic acids is 1. The van der Waals surface area contributed by atoms with E-state index in [1.165, 1.54) is 23.0 Å². The number of nitro benzene ring substituents is 1. The SMILES string of the molecule is Cc1ccc(C(=O)Nc2cc3nn(-c4ccccc4)nc3cc2Cl)cc1[N+](=O)[O-]. The van der Waals surface area contributed by atoms with Gasteiger partial charge in [0, 0.05) is 17.2 Å². The van der Waals surface area contributed by atoms with Gasteiger partial charge in [0.05, 0.1) is 21.3 Å². The van der Waals surface area contributed by atoms with Gasteiger partial charge in [0.1, 0.15) is 11.0 Å². The predicted molar refractivity (Wildman–Crippen MR) is 110 cm³/mol. The van der Waals surface area contributed by atoms with Gasteiger partial charge in [-0.15, -0.1) is 10.2 Å². The molecule has 0 unspecified atom stereocenters. The van der Waals surface area contributed by atoms with Gasteiger partial charge in [-0.25, -0.2) is 0 Å². The molecule has 0 aliphatic heterocycles. The zero-order valence-corrected chi connectivity index (χ0v) is 15.9. The Morgan fingerprint density at radius 3 is 2.45 bits per heavy atom. The van der Waals surface area contributed by atoms with Gasteiger partial charge in [-0.1, -0.05) is 35.9 Å². The molecule has 1 N–H and O–H groups in total. The number of nitrogens with one attached hydrogen (secondary N) is 1. The van der Waals surface area contributed by atoms with Gasteiger partial charge in [-0.05, 0) is 37.3 Å². The number of nitrogens with zero attached hydrogens (tertiary/aromatic N) is 4. The summed E-state index contributed by atoms with van der Waals surface area (Å²) in [5.74, 6) is -0.509. The van der Waals surface area contributed by atoms with Crippen LogP contribution in [-0.2, 0) is 0 Å². The van der Waals surface area contributed by atoms with E-state index in [-0.39, 0.29) is 16.3 Å². The van der Waals surface area contributed by atoms with Crippen LogP contribution in [0.15, 0.2) is 60.7 Å². The summed E-state index contributed by atoms with van der Waals surface area (Å²) in [6.45, 7) is 1.61. The number of nitro groups is 1. The molecule has 29 heavy (non-hydrogen) atoms. The number of carbonyl (C=O) groups is 1. The molecule has 0 fully saturated rings. The fourth-order valence-electron chi connectivity index (χ4n) is 2.85. The first-order valence-corrected chi connectivity index (χ1v) is 8.98. The number of hydrogen-bond donors (Lipinski definition) is 1. The number of para-hydroxylation sites is 1. The number of anilines is 1. The summed E-state index contributed by atoms with van der Waals surface area (Å²) in [5, 5.41) is 22.9. The first-order chi connectivity index (χ1) is 13.9. The van der Waals surface area contributed by atoms with Gasteiger partial charge in [0.15, 0.2) is 0 Å². The monoisotopic (exact) mass is 407 g/mol. The van der Waals surface area contributed by atoms with E-state index in [4.69, 9.17) is 11.6 Å². The van der Waals surface area contributed by atoms with E-state index >= 15 is 0 Å². The topological polar surface area (TPSA) is 103 Å². The molecular weight excluding hydrogens is 394 g/mol. The smallest absolute Gasteiger partial charge is 0.273 e. The van der Waals surface area contributed by atoms with Crippen molar-refractivity contribution in [3.05, 3.63) is 86.9 Å². The van der Waals surface area contributed by atoms with E-state index in [9.17, 15) is 14.9 Å². The maximum absolute atomic E-state index is 12.6. The van der Waals surface area contributed by atoms with Crippen molar-refractivity contribution in [2.75, 3.05) is 5.32 Å². The molecule has 8 nitrogen and oxygen atoms in total. The van der Waals surface area contributed by atoms with Crippen LogP contribution in [0.25, 0.3) is 16.7 Å². The molecule has 0 atom stereocenters. The molecule has 3 aromatic carbocycles. The van der Waals surface area contributed by atoms with Crippen molar-refractivity contribution in [1.82, 2.24) is 15.0 Å². The van der Waals surface area contributed by atoms with E-state index in [0.717, 1.165) is 5.69 Å². The van der Waals surface area contributed by atoms with Crippen LogP contribution in [0, 0.1) is 17.0 Å². The average molecular weight is 408 g/mol. The second-order valence-electron chi connectivity index (χ2n) is 6.36. The van der Waals surface area contributed by atoms with Crippen LogP contribution in [0.5, 0.6) is 0 Å². The molecule has 0 spiro atoms. The highest BCUT2D eigenvalue weighted by Gasteiger charge is 2.17. The van der Waals surface area contributed by atoms with Gasteiger partial charge in [-0.2, -0.15) is 4.80 Å². The molecule has 144 valence electrons. The van der Waals surface area contributed by atoms with Crippen LogP contribution in [0.3, 0.4) is 0 Å². The van der Waals surface area contributed by atoms with E-state index < -0.39 is 10.8 Å². The number of halogens is 1. The lowest BCUT2D eigenvalue weighted by Crippen LogP contribution is -2.12. The zero-order chi connectivity index (χ0) is 20.5. The second kappa shape index (κ2) is 7.33. The number of rotatable bonds is 4. The Balaban J connectivity index is 1.66. The molecule has 0 saturated carbocycles. The summed E-state index contributed by atoms with van der Waals surface area (Å²) in [6.07, 6.45) is 0. The van der Waals surface area contributed by atoms with E-state index in [2.05, 4.69) is 15.5 Å². The Labute approximate surface area is 169 Å². The lowest BCUT2D eigenvalue weighted by Gasteiger charge is -2.07. The molecule has 0 radical (unpaired) electrons. The first kappa shape index (κ1) is 18.6. The van der Waals surface area contributed by atoms with Gasteiger partial charge < -0.3 is 5.32 Å². The van der Waals surface area contributed by atoms with Crippen LogP contribution in [0.2, 0.25) is 5.02 Å². The van der Waals surface area contributed by atoms with Crippen molar-refractivity contribution in [2.24, 2.45) is 0 Å². The summed E-state index contributed by atoms with van der Waals surface area (Å²) >= 11 is 6.30. The second-order valence-corrected chi connectivity index (χ2v) is 6.77. The molecular formula is C20H14ClN5O3. The molecule has 1 amide bonds. The molecule has 1 aromatic heterocycles. The molecule has 4 rings (SSSR count). The highest BCUT2D eigenvalue weighted by Crippen LogP contribution is 2.28. The predicted octanol–water partition coefficient (Wildman–Crippen LogP) is 4.54. The quantitative estimate of drug-likeness (QED) is 0.395. The van der Waals surface area contributed by atoms with Gasteiger partial charge >= 0.3 is 0 Å². The molecule has 0 aliphatic rings. The van der Waals surface area contributed by atoms with E-state index in [1.54, 1.807) is 19.1 Å². The van der Waals surface area contributed by atoms with Crippen LogP contribution in [-0.4, -0.2) is 25.8 Å². The van der Waals surface area contributed by atoms with Crippen LogP contribution >= 0.6 is 11.6 Å². The highest BCUT2D eigenvalue weighted by atomic mass is 35.5. The molecule has 0 saturated heterocycles. The third-order valence-electron chi connectivity index (χ3n) is 4.37. The molecule has 0 bridgehead atoms. The van der Waals surface area contributed by atoms with E-state index in [0.29, 0.717) is 22.3 Å². The Hall–Kier alpha value is -3.78. The third-order valence-corrected chi connectivity index (χ3v) is 4.69. The van der Waals surface area contributed by atoms with Crippen molar-refractivity contribution >= 4 is 39.9 Å². The fourth-order valence-corrected chi connectivity index (χ4v) is 3.06. The molecule has 1 heterocycles. The fraction of sp³-hybridized carbons (Fsp3) is 0.0500. The number of benzene rings is 3. The van der Waals surface area contributed by atoms with Crippen LogP contribution in [0.1, 0.15) is 15.9 Å².